The predicted octanol–water partition coefficient (Wildman–Crippen LogP) is 5.43. The number of benzene rings is 2. The van der Waals surface area contributed by atoms with Gasteiger partial charge < -0.3 is 9.47 Å². The number of amides is 2. The van der Waals surface area contributed by atoms with Gasteiger partial charge in [-0.3, -0.25) is 19.3 Å². The molecule has 1 heterocycles. The lowest BCUT2D eigenvalue weighted by Gasteiger charge is -2.13. The number of nitrogens with zero attached hydrogens (tertiary/aromatic N) is 2. The summed E-state index contributed by atoms with van der Waals surface area (Å²) >= 11 is 13.4. The van der Waals surface area contributed by atoms with E-state index in [0.29, 0.717) is 28.5 Å². The van der Waals surface area contributed by atoms with Crippen LogP contribution in [0.1, 0.15) is 30.5 Å². The van der Waals surface area contributed by atoms with Crippen LogP contribution >= 0.6 is 35.0 Å². The quantitative estimate of drug-likeness (QED) is 0.366. The van der Waals surface area contributed by atoms with Gasteiger partial charge >= 0.3 is 5.97 Å². The summed E-state index contributed by atoms with van der Waals surface area (Å²) in [5.41, 5.74) is 1.64. The average Bonchev–Trinajstić information content (AvgIpc) is 3.00. The van der Waals surface area contributed by atoms with Crippen LogP contribution in [0.5, 0.6) is 5.75 Å². The number of esters is 1. The molecule has 2 aromatic rings. The first kappa shape index (κ1) is 24.6. The number of rotatable bonds is 7. The summed E-state index contributed by atoms with van der Waals surface area (Å²) in [7, 11) is 0. The normalized spacial score (nSPS) is 14.7. The van der Waals surface area contributed by atoms with Crippen LogP contribution in [-0.4, -0.2) is 34.7 Å². The molecule has 0 bridgehead atoms. The molecule has 1 aliphatic rings. The Morgan fingerprint density at radius 1 is 1.21 bits per heavy atom. The molecule has 33 heavy (non-hydrogen) atoms. The topological polar surface area (TPSA) is 96.7 Å². The van der Waals surface area contributed by atoms with Crippen LogP contribution in [0.3, 0.4) is 0 Å². The fraction of sp³-hybridized carbons (Fsp3) is 0.217. The molecule has 1 saturated heterocycles. The molecule has 1 fully saturated rings. The van der Waals surface area contributed by atoms with Crippen molar-refractivity contribution in [3.8, 4) is 11.8 Å². The van der Waals surface area contributed by atoms with E-state index in [0.717, 1.165) is 4.90 Å². The number of carbonyl (C=O) groups is 3. The van der Waals surface area contributed by atoms with Gasteiger partial charge in [0.1, 0.15) is 13.2 Å². The summed E-state index contributed by atoms with van der Waals surface area (Å²) < 4.78 is 10.7. The van der Waals surface area contributed by atoms with E-state index in [-0.39, 0.29) is 33.4 Å². The number of carbonyl (C=O) groups excluding carboxylic acids is 3. The van der Waals surface area contributed by atoms with Gasteiger partial charge in [-0.1, -0.05) is 41.4 Å². The van der Waals surface area contributed by atoms with Gasteiger partial charge in [-0.05, 0) is 55.4 Å². The van der Waals surface area contributed by atoms with Crippen molar-refractivity contribution in [3.05, 3.63) is 68.0 Å². The van der Waals surface area contributed by atoms with Crippen LogP contribution in [0.2, 0.25) is 10.0 Å². The zero-order valence-corrected chi connectivity index (χ0v) is 20.0. The van der Waals surface area contributed by atoms with Crippen LogP contribution in [0.25, 0.3) is 6.08 Å². The molecule has 1 aliphatic heterocycles. The highest BCUT2D eigenvalue weighted by Crippen LogP contribution is 2.38. The zero-order chi connectivity index (χ0) is 24.1. The SMILES string of the molecule is CC(C)OC(=O)CN1C(=O)S/C(=C/c2cc(Cl)c(OCc3ccccc3C#N)c(Cl)c2)C1=O. The first-order valence-electron chi connectivity index (χ1n) is 9.74. The average molecular weight is 505 g/mol. The van der Waals surface area contributed by atoms with Crippen molar-refractivity contribution in [2.75, 3.05) is 6.54 Å². The van der Waals surface area contributed by atoms with Crippen LogP contribution in [0, 0.1) is 11.3 Å². The van der Waals surface area contributed by atoms with Gasteiger partial charge in [0, 0.05) is 5.56 Å². The monoisotopic (exact) mass is 504 g/mol. The lowest BCUT2D eigenvalue weighted by atomic mass is 10.1. The van der Waals surface area contributed by atoms with E-state index in [1.165, 1.54) is 6.08 Å². The van der Waals surface area contributed by atoms with Crippen LogP contribution < -0.4 is 4.74 Å². The molecule has 0 atom stereocenters. The van der Waals surface area contributed by atoms with Gasteiger partial charge in [0.25, 0.3) is 11.1 Å². The van der Waals surface area contributed by atoms with Gasteiger partial charge in [-0.25, -0.2) is 0 Å². The van der Waals surface area contributed by atoms with Crippen molar-refractivity contribution in [3.63, 3.8) is 0 Å². The molecule has 0 radical (unpaired) electrons. The lowest BCUT2D eigenvalue weighted by molar-refractivity contribution is -0.149. The summed E-state index contributed by atoms with van der Waals surface area (Å²) in [5, 5.41) is 9.02. The molecular weight excluding hydrogens is 487 g/mol. The molecule has 0 saturated carbocycles. The molecule has 0 aromatic heterocycles. The Bertz CT molecular complexity index is 1170. The van der Waals surface area contributed by atoms with Crippen LogP contribution in [-0.2, 0) is 20.9 Å². The van der Waals surface area contributed by atoms with Crippen molar-refractivity contribution in [1.82, 2.24) is 4.90 Å². The Labute approximate surface area is 204 Å². The fourth-order valence-corrected chi connectivity index (χ4v) is 4.37. The Morgan fingerprint density at radius 2 is 1.88 bits per heavy atom. The molecule has 3 rings (SSSR count). The van der Waals surface area contributed by atoms with E-state index in [2.05, 4.69) is 6.07 Å². The minimum atomic E-state index is -0.667. The molecule has 0 aliphatic carbocycles. The lowest BCUT2D eigenvalue weighted by Crippen LogP contribution is -2.35. The second-order valence-corrected chi connectivity index (χ2v) is 8.99. The second kappa shape index (κ2) is 10.8. The minimum absolute atomic E-state index is 0.0912. The van der Waals surface area contributed by atoms with Crippen molar-refractivity contribution in [2.24, 2.45) is 0 Å². The van der Waals surface area contributed by atoms with E-state index in [1.54, 1.807) is 50.2 Å². The number of thioether (sulfide) groups is 1. The van der Waals surface area contributed by atoms with Gasteiger partial charge in [-0.2, -0.15) is 5.26 Å². The highest BCUT2D eigenvalue weighted by molar-refractivity contribution is 8.18. The molecule has 2 aromatic carbocycles. The van der Waals surface area contributed by atoms with Gasteiger partial charge in [-0.15, -0.1) is 0 Å². The fourth-order valence-electron chi connectivity index (χ4n) is 2.92. The van der Waals surface area contributed by atoms with Crippen LogP contribution in [0.15, 0.2) is 41.3 Å². The molecule has 2 amide bonds. The Morgan fingerprint density at radius 3 is 2.52 bits per heavy atom. The molecule has 170 valence electrons. The number of ether oxygens (including phenoxy) is 2. The van der Waals surface area contributed by atoms with Gasteiger partial charge in [0.2, 0.25) is 0 Å². The van der Waals surface area contributed by atoms with E-state index >= 15 is 0 Å². The van der Waals surface area contributed by atoms with Crippen LogP contribution in [0.4, 0.5) is 4.79 Å². The summed E-state index contributed by atoms with van der Waals surface area (Å²) in [6.45, 7) is 2.98. The first-order chi connectivity index (χ1) is 15.7. The van der Waals surface area contributed by atoms with E-state index in [1.807, 2.05) is 0 Å². The van der Waals surface area contributed by atoms with Crippen molar-refractivity contribution < 1.29 is 23.9 Å². The largest absolute Gasteiger partial charge is 0.486 e. The summed E-state index contributed by atoms with van der Waals surface area (Å²) in [4.78, 5) is 37.6. The number of hydrogen-bond acceptors (Lipinski definition) is 7. The molecule has 7 nitrogen and oxygen atoms in total. The summed E-state index contributed by atoms with van der Waals surface area (Å²) in [6, 6.07) is 12.2. The van der Waals surface area contributed by atoms with Gasteiger partial charge in [0.05, 0.1) is 32.7 Å². The summed E-state index contributed by atoms with van der Waals surface area (Å²) in [6.07, 6.45) is 1.11. The Kier molecular flexibility index (Phi) is 8.03. The number of nitriles is 1. The number of imide groups is 1. The maximum atomic E-state index is 12.6. The maximum absolute atomic E-state index is 12.6. The van der Waals surface area contributed by atoms with E-state index < -0.39 is 23.7 Å². The first-order valence-corrected chi connectivity index (χ1v) is 11.3. The number of halogens is 2. The van der Waals surface area contributed by atoms with E-state index in [9.17, 15) is 19.6 Å². The minimum Gasteiger partial charge on any atom is -0.486 e. The maximum Gasteiger partial charge on any atom is 0.326 e. The van der Waals surface area contributed by atoms with Crippen molar-refractivity contribution in [2.45, 2.75) is 26.6 Å². The highest BCUT2D eigenvalue weighted by atomic mass is 35.5. The smallest absolute Gasteiger partial charge is 0.326 e. The molecule has 0 unspecified atom stereocenters. The molecule has 10 heteroatoms. The zero-order valence-electron chi connectivity index (χ0n) is 17.6. The van der Waals surface area contributed by atoms with Gasteiger partial charge in [0.15, 0.2) is 5.75 Å². The third kappa shape index (κ3) is 6.08. The Balaban J connectivity index is 1.75. The molecule has 0 N–H and O–H groups in total. The third-order valence-electron chi connectivity index (χ3n) is 4.36. The van der Waals surface area contributed by atoms with E-state index in [4.69, 9.17) is 32.7 Å². The second-order valence-electron chi connectivity index (χ2n) is 7.18. The Hall–Kier alpha value is -2.99. The highest BCUT2D eigenvalue weighted by Gasteiger charge is 2.36. The summed E-state index contributed by atoms with van der Waals surface area (Å²) in [5.74, 6) is -1.04. The predicted molar refractivity (Wildman–Crippen MR) is 126 cm³/mol. The van der Waals surface area contributed by atoms with Crippen molar-refractivity contribution >= 4 is 58.2 Å². The molecule has 0 spiro atoms. The van der Waals surface area contributed by atoms with Crippen molar-refractivity contribution in [1.29, 1.82) is 5.26 Å². The standard InChI is InChI=1S/C23H18Cl2N2O5S/c1-13(2)32-20(28)11-27-22(29)19(33-23(27)30)9-14-7-17(24)21(18(25)8-14)31-12-16-6-4-3-5-15(16)10-26/h3-9,13H,11-12H2,1-2H3/b19-9+. The molecular formula is C23H18Cl2N2O5S. The number of hydrogen-bond donors (Lipinski definition) is 0. The third-order valence-corrected chi connectivity index (χ3v) is 5.83.